The van der Waals surface area contributed by atoms with E-state index in [1.807, 2.05) is 0 Å². The van der Waals surface area contributed by atoms with Crippen molar-refractivity contribution in [2.45, 2.75) is 37.8 Å². The molecule has 0 radical (unpaired) electrons. The van der Waals surface area contributed by atoms with Crippen molar-refractivity contribution in [3.8, 4) is 0 Å². The molecule has 0 unspecified atom stereocenters. The first-order valence-corrected chi connectivity index (χ1v) is 10.5. The van der Waals surface area contributed by atoms with E-state index in [2.05, 4.69) is 40.2 Å². The summed E-state index contributed by atoms with van der Waals surface area (Å²) in [6, 6.07) is 3.06. The number of methoxy groups -OCH3 is 1. The zero-order valence-corrected chi connectivity index (χ0v) is 16.8. The maximum Gasteiger partial charge on any atom is 0.227 e. The van der Waals surface area contributed by atoms with Gasteiger partial charge in [0.25, 0.3) is 0 Å². The fraction of sp³-hybridized carbons (Fsp3) is 0.684. The summed E-state index contributed by atoms with van der Waals surface area (Å²) in [5.74, 6) is 1.96. The number of hydrogen-bond donors (Lipinski definition) is 0. The third-order valence-corrected chi connectivity index (χ3v) is 6.73. The Morgan fingerprint density at radius 1 is 1.23 bits per heavy atom. The van der Waals surface area contributed by atoms with E-state index in [1.54, 1.807) is 18.4 Å². The number of anilines is 2. The van der Waals surface area contributed by atoms with Crippen LogP contribution in [0.4, 0.5) is 11.8 Å². The van der Waals surface area contributed by atoms with Gasteiger partial charge >= 0.3 is 0 Å². The van der Waals surface area contributed by atoms with Gasteiger partial charge in [-0.15, -0.1) is 11.3 Å². The highest BCUT2D eigenvalue weighted by atomic mass is 32.1. The molecule has 0 aliphatic carbocycles. The van der Waals surface area contributed by atoms with Crippen molar-refractivity contribution in [3.05, 3.63) is 11.4 Å². The summed E-state index contributed by atoms with van der Waals surface area (Å²) in [6.07, 6.45) is 4.71. The van der Waals surface area contributed by atoms with Crippen LogP contribution in [0.1, 0.15) is 25.7 Å². The minimum Gasteiger partial charge on any atom is -0.383 e. The van der Waals surface area contributed by atoms with Gasteiger partial charge in [0.1, 0.15) is 0 Å². The molecular weight excluding hydrogens is 346 g/mol. The molecule has 2 fully saturated rings. The number of nitrogens with zero attached hydrogens (tertiary/aromatic N) is 5. The van der Waals surface area contributed by atoms with Gasteiger partial charge in [-0.2, -0.15) is 4.98 Å². The van der Waals surface area contributed by atoms with E-state index in [0.29, 0.717) is 12.1 Å². The highest BCUT2D eigenvalue weighted by Crippen LogP contribution is 2.35. The summed E-state index contributed by atoms with van der Waals surface area (Å²) in [4.78, 5) is 17.1. The number of fused-ring (bicyclic) bond motifs is 1. The van der Waals surface area contributed by atoms with E-state index in [1.165, 1.54) is 30.4 Å². The largest absolute Gasteiger partial charge is 0.383 e. The number of hydrogen-bond acceptors (Lipinski definition) is 7. The molecule has 142 valence electrons. The molecule has 4 heterocycles. The average Bonchev–Trinajstić information content (AvgIpc) is 3.30. The summed E-state index contributed by atoms with van der Waals surface area (Å²) >= 11 is 1.74. The van der Waals surface area contributed by atoms with Crippen LogP contribution in [-0.2, 0) is 4.74 Å². The molecule has 2 saturated heterocycles. The maximum absolute atomic E-state index is 5.46. The lowest BCUT2D eigenvalue weighted by molar-refractivity contribution is 0.180. The van der Waals surface area contributed by atoms with Gasteiger partial charge in [-0.05, 0) is 57.3 Å². The number of likely N-dealkylation sites (tertiary alicyclic amines) is 1. The number of thiophene rings is 1. The van der Waals surface area contributed by atoms with Crippen LogP contribution < -0.4 is 9.80 Å². The van der Waals surface area contributed by atoms with Crippen LogP contribution in [0.5, 0.6) is 0 Å². The molecule has 0 amide bonds. The van der Waals surface area contributed by atoms with E-state index in [0.717, 1.165) is 43.5 Å². The molecule has 6 nitrogen and oxygen atoms in total. The summed E-state index contributed by atoms with van der Waals surface area (Å²) in [6.45, 7) is 4.10. The first kappa shape index (κ1) is 17.9. The molecule has 0 N–H and O–H groups in total. The lowest BCUT2D eigenvalue weighted by Crippen LogP contribution is -2.42. The fourth-order valence-electron chi connectivity index (χ4n) is 4.21. The summed E-state index contributed by atoms with van der Waals surface area (Å²) < 4.78 is 6.66. The molecule has 7 heteroatoms. The second-order valence-corrected chi connectivity index (χ2v) is 8.49. The van der Waals surface area contributed by atoms with Crippen molar-refractivity contribution in [2.24, 2.45) is 0 Å². The van der Waals surface area contributed by atoms with E-state index >= 15 is 0 Å². The third-order valence-electron chi connectivity index (χ3n) is 5.83. The summed E-state index contributed by atoms with van der Waals surface area (Å²) in [7, 11) is 6.14. The molecule has 2 aromatic rings. The highest BCUT2D eigenvalue weighted by molar-refractivity contribution is 7.17. The molecule has 2 aliphatic rings. The molecule has 1 atom stereocenters. The minimum atomic E-state index is 0.418. The molecule has 0 bridgehead atoms. The smallest absolute Gasteiger partial charge is 0.227 e. The zero-order chi connectivity index (χ0) is 18.1. The van der Waals surface area contributed by atoms with Crippen LogP contribution in [0.3, 0.4) is 0 Å². The van der Waals surface area contributed by atoms with Crippen LogP contribution in [0.15, 0.2) is 11.4 Å². The van der Waals surface area contributed by atoms with Crippen molar-refractivity contribution in [3.63, 3.8) is 0 Å². The topological polar surface area (TPSA) is 44.7 Å². The van der Waals surface area contributed by atoms with E-state index in [-0.39, 0.29) is 0 Å². The lowest BCUT2D eigenvalue weighted by Gasteiger charge is -2.35. The van der Waals surface area contributed by atoms with Crippen molar-refractivity contribution >= 4 is 33.3 Å². The molecule has 0 spiro atoms. The second kappa shape index (κ2) is 7.66. The van der Waals surface area contributed by atoms with Crippen LogP contribution >= 0.6 is 11.3 Å². The third kappa shape index (κ3) is 3.40. The van der Waals surface area contributed by atoms with Crippen LogP contribution in [0.25, 0.3) is 10.2 Å². The zero-order valence-electron chi connectivity index (χ0n) is 16.0. The van der Waals surface area contributed by atoms with E-state index < -0.39 is 0 Å². The normalized spacial score (nSPS) is 22.4. The number of ether oxygens (including phenoxy) is 1. The fourth-order valence-corrected chi connectivity index (χ4v) is 5.05. The summed E-state index contributed by atoms with van der Waals surface area (Å²) in [5, 5.41) is 2.13. The van der Waals surface area contributed by atoms with Gasteiger partial charge in [-0.1, -0.05) is 0 Å². The Morgan fingerprint density at radius 2 is 2.04 bits per heavy atom. The number of aromatic nitrogens is 2. The second-order valence-electron chi connectivity index (χ2n) is 7.57. The SMILES string of the molecule is COC[C@@H]1CCCN1c1nc(N(C)C2CCN(C)CC2)nc2ccsc12. The van der Waals surface area contributed by atoms with Gasteiger partial charge in [0, 0.05) is 26.7 Å². The summed E-state index contributed by atoms with van der Waals surface area (Å²) in [5.41, 5.74) is 1.07. The standard InChI is InChI=1S/C19H29N5OS/c1-22-10-6-14(7-11-22)23(2)19-20-16-8-12-26-17(16)18(21-19)24-9-4-5-15(24)13-25-3/h8,12,14-15H,4-7,9-11,13H2,1-3H3/t15-/m0/s1. The number of piperidine rings is 1. The molecule has 2 aliphatic heterocycles. The van der Waals surface area contributed by atoms with Crippen LogP contribution in [0.2, 0.25) is 0 Å². The molecular formula is C19H29N5OS. The first-order chi connectivity index (χ1) is 12.7. The Morgan fingerprint density at radius 3 is 2.81 bits per heavy atom. The van der Waals surface area contributed by atoms with E-state index in [9.17, 15) is 0 Å². The molecule has 4 rings (SSSR count). The maximum atomic E-state index is 5.46. The van der Waals surface area contributed by atoms with Gasteiger partial charge in [0.15, 0.2) is 5.82 Å². The highest BCUT2D eigenvalue weighted by Gasteiger charge is 2.29. The van der Waals surface area contributed by atoms with Crippen molar-refractivity contribution in [2.75, 3.05) is 57.2 Å². The average molecular weight is 376 g/mol. The predicted molar refractivity (Wildman–Crippen MR) is 109 cm³/mol. The Hall–Kier alpha value is -1.44. The molecule has 0 aromatic carbocycles. The molecule has 0 saturated carbocycles. The van der Waals surface area contributed by atoms with Gasteiger partial charge in [0.05, 0.1) is 22.9 Å². The monoisotopic (exact) mass is 375 g/mol. The number of rotatable bonds is 5. The van der Waals surface area contributed by atoms with Gasteiger partial charge in [-0.25, -0.2) is 4.98 Å². The van der Waals surface area contributed by atoms with Crippen LogP contribution in [-0.4, -0.2) is 74.4 Å². The van der Waals surface area contributed by atoms with Crippen molar-refractivity contribution in [1.82, 2.24) is 14.9 Å². The molecule has 2 aromatic heterocycles. The van der Waals surface area contributed by atoms with Crippen molar-refractivity contribution in [1.29, 1.82) is 0 Å². The van der Waals surface area contributed by atoms with E-state index in [4.69, 9.17) is 14.7 Å². The van der Waals surface area contributed by atoms with Crippen molar-refractivity contribution < 1.29 is 4.74 Å². The first-order valence-electron chi connectivity index (χ1n) is 9.59. The Bertz CT molecular complexity index is 743. The minimum absolute atomic E-state index is 0.418. The van der Waals surface area contributed by atoms with Crippen LogP contribution in [0, 0.1) is 0 Å². The molecule has 26 heavy (non-hydrogen) atoms. The van der Waals surface area contributed by atoms with Gasteiger partial charge in [0.2, 0.25) is 5.95 Å². The van der Waals surface area contributed by atoms with Gasteiger partial charge < -0.3 is 19.4 Å². The van der Waals surface area contributed by atoms with Gasteiger partial charge in [-0.3, -0.25) is 0 Å². The Kier molecular flexibility index (Phi) is 5.29. The quantitative estimate of drug-likeness (QED) is 0.801. The lowest BCUT2D eigenvalue weighted by atomic mass is 10.0. The Labute approximate surface area is 159 Å². The Balaban J connectivity index is 1.66. The predicted octanol–water partition coefficient (Wildman–Crippen LogP) is 2.84.